The smallest absolute Gasteiger partial charge is 0.291 e. The van der Waals surface area contributed by atoms with Crippen molar-refractivity contribution in [2.24, 2.45) is 0 Å². The van der Waals surface area contributed by atoms with Crippen molar-refractivity contribution in [3.63, 3.8) is 0 Å². The summed E-state index contributed by atoms with van der Waals surface area (Å²) in [4.78, 5) is 33.5. The van der Waals surface area contributed by atoms with Crippen LogP contribution in [0, 0.1) is 0 Å². The number of hydrogen-bond donors (Lipinski definition) is 2. The van der Waals surface area contributed by atoms with Crippen molar-refractivity contribution >= 4 is 28.4 Å². The van der Waals surface area contributed by atoms with E-state index in [1.54, 1.807) is 12.1 Å². The molecular weight excluding hydrogens is 476 g/mol. The van der Waals surface area contributed by atoms with Crippen molar-refractivity contribution in [1.82, 2.24) is 14.8 Å². The van der Waals surface area contributed by atoms with Crippen LogP contribution in [0.2, 0.25) is 0 Å². The lowest BCUT2D eigenvalue weighted by Gasteiger charge is -2.38. The fourth-order valence-corrected chi connectivity index (χ4v) is 5.81. The van der Waals surface area contributed by atoms with Gasteiger partial charge in [0.1, 0.15) is 0 Å². The van der Waals surface area contributed by atoms with Crippen molar-refractivity contribution < 1.29 is 14.0 Å². The zero-order valence-corrected chi connectivity index (χ0v) is 20.7. The van der Waals surface area contributed by atoms with Crippen LogP contribution in [0.3, 0.4) is 0 Å². The van der Waals surface area contributed by atoms with Crippen LogP contribution in [0.25, 0.3) is 22.0 Å². The van der Waals surface area contributed by atoms with E-state index >= 15 is 0 Å². The van der Waals surface area contributed by atoms with Gasteiger partial charge in [-0.15, -0.1) is 0 Å². The SMILES string of the molecule is O=C(Nc1ccc2c(c1)C(N1CCN(C(=O)c3ccc4[nH]ccc4c3)CC1)c1ccccc1-2)c1ccco1. The van der Waals surface area contributed by atoms with Crippen molar-refractivity contribution in [3.05, 3.63) is 114 Å². The van der Waals surface area contributed by atoms with Gasteiger partial charge in [0.05, 0.1) is 12.3 Å². The summed E-state index contributed by atoms with van der Waals surface area (Å²) < 4.78 is 5.25. The highest BCUT2D eigenvalue weighted by Crippen LogP contribution is 2.47. The number of rotatable bonds is 4. The summed E-state index contributed by atoms with van der Waals surface area (Å²) in [5.74, 6) is 0.0802. The summed E-state index contributed by atoms with van der Waals surface area (Å²) in [6, 6.07) is 25.8. The van der Waals surface area contributed by atoms with Crippen LogP contribution in [0.15, 0.2) is 95.7 Å². The molecule has 188 valence electrons. The number of piperazine rings is 1. The first-order chi connectivity index (χ1) is 18.7. The monoisotopic (exact) mass is 502 g/mol. The lowest BCUT2D eigenvalue weighted by Crippen LogP contribution is -2.49. The van der Waals surface area contributed by atoms with Gasteiger partial charge in [-0.1, -0.05) is 30.3 Å². The largest absolute Gasteiger partial charge is 0.459 e. The van der Waals surface area contributed by atoms with Gasteiger partial charge < -0.3 is 19.6 Å². The summed E-state index contributed by atoms with van der Waals surface area (Å²) in [7, 11) is 0. The Hall–Kier alpha value is -4.62. The Bertz CT molecular complexity index is 1660. The molecule has 2 aromatic heterocycles. The van der Waals surface area contributed by atoms with Gasteiger partial charge in [-0.2, -0.15) is 0 Å². The third-order valence-electron chi connectivity index (χ3n) is 7.66. The van der Waals surface area contributed by atoms with Crippen LogP contribution in [-0.2, 0) is 0 Å². The molecule has 0 bridgehead atoms. The summed E-state index contributed by atoms with van der Waals surface area (Å²) in [6.45, 7) is 2.85. The van der Waals surface area contributed by atoms with E-state index in [1.165, 1.54) is 28.5 Å². The Morgan fingerprint density at radius 3 is 2.53 bits per heavy atom. The lowest BCUT2D eigenvalue weighted by atomic mass is 10.0. The highest BCUT2D eigenvalue weighted by molar-refractivity contribution is 6.02. The average Bonchev–Trinajstić information content (AvgIpc) is 3.71. The highest BCUT2D eigenvalue weighted by Gasteiger charge is 2.35. The lowest BCUT2D eigenvalue weighted by molar-refractivity contribution is 0.0600. The van der Waals surface area contributed by atoms with Crippen molar-refractivity contribution in [3.8, 4) is 11.1 Å². The van der Waals surface area contributed by atoms with Crippen molar-refractivity contribution in [1.29, 1.82) is 0 Å². The Morgan fingerprint density at radius 1 is 0.842 bits per heavy atom. The number of carbonyl (C=O) groups is 2. The Kier molecular flexibility index (Phi) is 5.37. The predicted molar refractivity (Wildman–Crippen MR) is 146 cm³/mol. The number of nitrogens with one attached hydrogen (secondary N) is 2. The maximum Gasteiger partial charge on any atom is 0.291 e. The third-order valence-corrected chi connectivity index (χ3v) is 7.66. The van der Waals surface area contributed by atoms with Crippen molar-refractivity contribution in [2.45, 2.75) is 6.04 Å². The fraction of sp³-hybridized carbons (Fsp3) is 0.161. The number of nitrogens with zero attached hydrogens (tertiary/aromatic N) is 2. The summed E-state index contributed by atoms with van der Waals surface area (Å²) in [6.07, 6.45) is 3.39. The normalized spacial score (nSPS) is 16.8. The number of anilines is 1. The number of H-pyrrole nitrogens is 1. The van der Waals surface area contributed by atoms with Gasteiger partial charge in [-0.3, -0.25) is 14.5 Å². The molecule has 7 heteroatoms. The molecule has 38 heavy (non-hydrogen) atoms. The van der Waals surface area contributed by atoms with Gasteiger partial charge in [0.2, 0.25) is 0 Å². The molecule has 3 heterocycles. The van der Waals surface area contributed by atoms with Gasteiger partial charge >= 0.3 is 0 Å². The molecule has 2 N–H and O–H groups in total. The molecular formula is C31H26N4O3. The number of hydrogen-bond acceptors (Lipinski definition) is 4. The minimum absolute atomic E-state index is 0.0649. The topological polar surface area (TPSA) is 81.6 Å². The molecule has 3 aromatic carbocycles. The number of aromatic amines is 1. The molecule has 2 amide bonds. The summed E-state index contributed by atoms with van der Waals surface area (Å²) in [5, 5.41) is 4.01. The second-order valence-corrected chi connectivity index (χ2v) is 9.83. The van der Waals surface area contributed by atoms with E-state index in [2.05, 4.69) is 51.6 Å². The van der Waals surface area contributed by atoms with Crippen molar-refractivity contribution in [2.75, 3.05) is 31.5 Å². The van der Waals surface area contributed by atoms with E-state index in [-0.39, 0.29) is 23.6 Å². The number of amides is 2. The van der Waals surface area contributed by atoms with Gasteiger partial charge in [0, 0.05) is 54.5 Å². The molecule has 2 aliphatic rings. The number of carbonyl (C=O) groups excluding carboxylic acids is 2. The summed E-state index contributed by atoms with van der Waals surface area (Å²) in [5.41, 5.74) is 7.31. The molecule has 1 aliphatic heterocycles. The Balaban J connectivity index is 1.13. The quantitative estimate of drug-likeness (QED) is 0.338. The number of benzene rings is 3. The van der Waals surface area contributed by atoms with Gasteiger partial charge in [-0.05, 0) is 70.8 Å². The van der Waals surface area contributed by atoms with E-state index in [9.17, 15) is 9.59 Å². The first-order valence-corrected chi connectivity index (χ1v) is 12.8. The van der Waals surface area contributed by atoms with E-state index in [0.29, 0.717) is 13.1 Å². The number of fused-ring (bicyclic) bond motifs is 4. The maximum atomic E-state index is 13.3. The standard InChI is InChI=1S/C31H26N4O3/c36-30(28-6-3-17-38-28)33-22-8-9-24-23-4-1-2-5-25(23)29(26(24)19-22)34-13-15-35(16-14-34)31(37)21-7-10-27-20(18-21)11-12-32-27/h1-12,17-19,29,32H,13-16H2,(H,33,36). The van der Waals surface area contributed by atoms with E-state index in [4.69, 9.17) is 4.42 Å². The molecule has 0 spiro atoms. The Labute approximate surface area is 219 Å². The number of furan rings is 1. The van der Waals surface area contributed by atoms with Crippen LogP contribution >= 0.6 is 0 Å². The van der Waals surface area contributed by atoms with E-state index in [0.717, 1.165) is 35.2 Å². The molecule has 7 rings (SSSR count). The Morgan fingerprint density at radius 2 is 1.68 bits per heavy atom. The first-order valence-electron chi connectivity index (χ1n) is 12.8. The van der Waals surface area contributed by atoms with Crippen LogP contribution in [0.1, 0.15) is 38.1 Å². The van der Waals surface area contributed by atoms with E-state index < -0.39 is 0 Å². The van der Waals surface area contributed by atoms with Gasteiger partial charge in [0.15, 0.2) is 5.76 Å². The molecule has 7 nitrogen and oxygen atoms in total. The minimum atomic E-state index is -0.271. The minimum Gasteiger partial charge on any atom is -0.459 e. The van der Waals surface area contributed by atoms with Crippen LogP contribution in [-0.4, -0.2) is 52.8 Å². The molecule has 1 unspecified atom stereocenters. The fourth-order valence-electron chi connectivity index (χ4n) is 5.81. The molecule has 5 aromatic rings. The zero-order valence-electron chi connectivity index (χ0n) is 20.7. The van der Waals surface area contributed by atoms with E-state index in [1.807, 2.05) is 41.4 Å². The second-order valence-electron chi connectivity index (χ2n) is 9.83. The molecule has 1 aliphatic carbocycles. The first kappa shape index (κ1) is 22.6. The third kappa shape index (κ3) is 3.79. The summed E-state index contributed by atoms with van der Waals surface area (Å²) >= 11 is 0. The molecule has 1 atom stereocenters. The molecule has 1 fully saturated rings. The zero-order chi connectivity index (χ0) is 25.6. The number of aromatic nitrogens is 1. The van der Waals surface area contributed by atoms with Gasteiger partial charge in [-0.25, -0.2) is 0 Å². The second kappa shape index (κ2) is 9.04. The van der Waals surface area contributed by atoms with Crippen LogP contribution in [0.4, 0.5) is 5.69 Å². The van der Waals surface area contributed by atoms with Gasteiger partial charge in [0.25, 0.3) is 11.8 Å². The van der Waals surface area contributed by atoms with Crippen LogP contribution in [0.5, 0.6) is 0 Å². The predicted octanol–water partition coefficient (Wildman–Crippen LogP) is 5.54. The molecule has 0 saturated carbocycles. The maximum absolute atomic E-state index is 13.3. The molecule has 0 radical (unpaired) electrons. The average molecular weight is 503 g/mol. The highest BCUT2D eigenvalue weighted by atomic mass is 16.3. The molecule has 1 saturated heterocycles. The van der Waals surface area contributed by atoms with Crippen LogP contribution < -0.4 is 5.32 Å².